The Balaban J connectivity index is 2.31. The van der Waals surface area contributed by atoms with E-state index in [0.29, 0.717) is 11.3 Å². The van der Waals surface area contributed by atoms with Gasteiger partial charge in [-0.1, -0.05) is 51.8 Å². The van der Waals surface area contributed by atoms with Gasteiger partial charge in [-0.25, -0.2) is 0 Å². The zero-order chi connectivity index (χ0) is 11.1. The van der Waals surface area contributed by atoms with E-state index < -0.39 is 0 Å². The molecule has 1 fully saturated rings. The third-order valence-electron chi connectivity index (χ3n) is 4.37. The summed E-state index contributed by atoms with van der Waals surface area (Å²) in [5.74, 6) is 1.50. The zero-order valence-electron chi connectivity index (χ0n) is 10.6. The van der Waals surface area contributed by atoms with Crippen molar-refractivity contribution in [3.05, 3.63) is 23.3 Å². The third-order valence-corrected chi connectivity index (χ3v) is 4.37. The first kappa shape index (κ1) is 11.0. The summed E-state index contributed by atoms with van der Waals surface area (Å²) < 4.78 is 0. The molecule has 0 aromatic heterocycles. The van der Waals surface area contributed by atoms with Gasteiger partial charge in [0.25, 0.3) is 0 Å². The molecule has 2 aliphatic carbocycles. The van der Waals surface area contributed by atoms with Crippen LogP contribution in [0.2, 0.25) is 0 Å². The quantitative estimate of drug-likeness (QED) is 0.579. The highest BCUT2D eigenvalue weighted by atomic mass is 14.4. The van der Waals surface area contributed by atoms with Crippen molar-refractivity contribution in [3.63, 3.8) is 0 Å². The van der Waals surface area contributed by atoms with E-state index in [1.807, 2.05) is 0 Å². The van der Waals surface area contributed by atoms with Gasteiger partial charge in [0, 0.05) is 0 Å². The second kappa shape index (κ2) is 3.81. The first-order valence-corrected chi connectivity index (χ1v) is 6.45. The molecule has 84 valence electrons. The molecule has 0 heterocycles. The van der Waals surface area contributed by atoms with Crippen LogP contribution in [0, 0.1) is 17.3 Å². The first-order valence-electron chi connectivity index (χ1n) is 6.45. The van der Waals surface area contributed by atoms with Gasteiger partial charge in [0.2, 0.25) is 0 Å². The maximum Gasteiger partial charge on any atom is -0.00758 e. The maximum atomic E-state index is 2.51. The van der Waals surface area contributed by atoms with Gasteiger partial charge in [-0.05, 0) is 42.1 Å². The summed E-state index contributed by atoms with van der Waals surface area (Å²) in [6.07, 6.45) is 10.5. The highest BCUT2D eigenvalue weighted by molar-refractivity contribution is 5.36. The van der Waals surface area contributed by atoms with E-state index in [9.17, 15) is 0 Å². The number of hydrogen-bond donors (Lipinski definition) is 0. The molecule has 0 radical (unpaired) electrons. The summed E-state index contributed by atoms with van der Waals surface area (Å²) in [6, 6.07) is 0. The van der Waals surface area contributed by atoms with E-state index in [0.717, 1.165) is 5.92 Å². The minimum absolute atomic E-state index is 0.496. The fourth-order valence-corrected chi connectivity index (χ4v) is 3.21. The van der Waals surface area contributed by atoms with Crippen molar-refractivity contribution in [2.75, 3.05) is 0 Å². The van der Waals surface area contributed by atoms with E-state index in [2.05, 4.69) is 39.8 Å². The van der Waals surface area contributed by atoms with E-state index in [-0.39, 0.29) is 0 Å². The minimum Gasteiger partial charge on any atom is -0.0802 e. The van der Waals surface area contributed by atoms with E-state index >= 15 is 0 Å². The molecule has 0 bridgehead atoms. The molecule has 0 N–H and O–H groups in total. The Bertz CT molecular complexity index is 306. The van der Waals surface area contributed by atoms with Gasteiger partial charge in [0.05, 0.1) is 0 Å². The topological polar surface area (TPSA) is 0 Å². The SMILES string of the molecule is CC(C)C1=CC[C@@]2(C)CCC[C@H](C)C2=C1. The van der Waals surface area contributed by atoms with Crippen LogP contribution in [0.1, 0.15) is 53.4 Å². The summed E-state index contributed by atoms with van der Waals surface area (Å²) in [5.41, 5.74) is 3.80. The molecule has 0 aromatic carbocycles. The number of rotatable bonds is 1. The van der Waals surface area contributed by atoms with Gasteiger partial charge in [0.15, 0.2) is 0 Å². The van der Waals surface area contributed by atoms with Gasteiger partial charge in [-0.2, -0.15) is 0 Å². The highest BCUT2D eigenvalue weighted by Gasteiger charge is 2.36. The summed E-state index contributed by atoms with van der Waals surface area (Å²) in [6.45, 7) is 9.48. The zero-order valence-corrected chi connectivity index (χ0v) is 10.6. The van der Waals surface area contributed by atoms with Crippen LogP contribution in [0.5, 0.6) is 0 Å². The lowest BCUT2D eigenvalue weighted by atomic mass is 9.63. The van der Waals surface area contributed by atoms with E-state index in [1.165, 1.54) is 25.7 Å². The highest BCUT2D eigenvalue weighted by Crippen LogP contribution is 2.49. The summed E-state index contributed by atoms with van der Waals surface area (Å²) in [7, 11) is 0. The van der Waals surface area contributed by atoms with Crippen LogP contribution >= 0.6 is 0 Å². The summed E-state index contributed by atoms with van der Waals surface area (Å²) in [4.78, 5) is 0. The summed E-state index contributed by atoms with van der Waals surface area (Å²) >= 11 is 0. The Morgan fingerprint density at radius 3 is 2.80 bits per heavy atom. The molecule has 0 heteroatoms. The molecule has 0 spiro atoms. The van der Waals surface area contributed by atoms with Crippen LogP contribution in [0.25, 0.3) is 0 Å². The smallest absolute Gasteiger partial charge is 0.00758 e. The van der Waals surface area contributed by atoms with Crippen molar-refractivity contribution in [2.24, 2.45) is 17.3 Å². The molecule has 0 unspecified atom stereocenters. The molecule has 0 saturated heterocycles. The van der Waals surface area contributed by atoms with Crippen molar-refractivity contribution in [1.82, 2.24) is 0 Å². The van der Waals surface area contributed by atoms with E-state index in [1.54, 1.807) is 11.1 Å². The Labute approximate surface area is 94.5 Å². The monoisotopic (exact) mass is 204 g/mol. The number of fused-ring (bicyclic) bond motifs is 1. The van der Waals surface area contributed by atoms with Crippen LogP contribution in [0.3, 0.4) is 0 Å². The largest absolute Gasteiger partial charge is 0.0802 e. The molecule has 2 aliphatic rings. The Kier molecular flexibility index (Phi) is 2.79. The standard InChI is InChI=1S/C15H24/c1-11(2)13-7-9-15(4)8-5-6-12(3)14(15)10-13/h7,10-12H,5-6,8-9H2,1-4H3/t12-,15+/m0/s1. The molecule has 0 aliphatic heterocycles. The van der Waals surface area contributed by atoms with Crippen molar-refractivity contribution in [1.29, 1.82) is 0 Å². The van der Waals surface area contributed by atoms with Crippen LogP contribution < -0.4 is 0 Å². The van der Waals surface area contributed by atoms with Crippen molar-refractivity contribution < 1.29 is 0 Å². The van der Waals surface area contributed by atoms with Crippen LogP contribution in [-0.4, -0.2) is 0 Å². The summed E-state index contributed by atoms with van der Waals surface area (Å²) in [5, 5.41) is 0. The van der Waals surface area contributed by atoms with Gasteiger partial charge in [-0.15, -0.1) is 0 Å². The van der Waals surface area contributed by atoms with Gasteiger partial charge < -0.3 is 0 Å². The molecule has 0 nitrogen and oxygen atoms in total. The number of allylic oxidation sites excluding steroid dienone is 4. The Morgan fingerprint density at radius 2 is 2.13 bits per heavy atom. The van der Waals surface area contributed by atoms with Crippen molar-refractivity contribution in [3.8, 4) is 0 Å². The molecule has 2 rings (SSSR count). The fourth-order valence-electron chi connectivity index (χ4n) is 3.21. The van der Waals surface area contributed by atoms with Crippen molar-refractivity contribution >= 4 is 0 Å². The average Bonchev–Trinajstić information content (AvgIpc) is 2.17. The Hall–Kier alpha value is -0.520. The van der Waals surface area contributed by atoms with E-state index in [4.69, 9.17) is 0 Å². The second-order valence-electron chi connectivity index (χ2n) is 6.02. The lowest BCUT2D eigenvalue weighted by Gasteiger charge is -2.42. The fraction of sp³-hybridized carbons (Fsp3) is 0.733. The average molecular weight is 204 g/mol. The van der Waals surface area contributed by atoms with Gasteiger partial charge in [-0.3, -0.25) is 0 Å². The van der Waals surface area contributed by atoms with Crippen LogP contribution in [0.15, 0.2) is 23.3 Å². The molecular weight excluding hydrogens is 180 g/mol. The molecule has 15 heavy (non-hydrogen) atoms. The van der Waals surface area contributed by atoms with Crippen LogP contribution in [-0.2, 0) is 0 Å². The van der Waals surface area contributed by atoms with Gasteiger partial charge in [0.1, 0.15) is 0 Å². The predicted octanol–water partition coefficient (Wildman–Crippen LogP) is 4.73. The molecule has 1 saturated carbocycles. The van der Waals surface area contributed by atoms with Gasteiger partial charge >= 0.3 is 0 Å². The predicted molar refractivity (Wildman–Crippen MR) is 66.7 cm³/mol. The van der Waals surface area contributed by atoms with Crippen LogP contribution in [0.4, 0.5) is 0 Å². The Morgan fingerprint density at radius 1 is 1.40 bits per heavy atom. The lowest BCUT2D eigenvalue weighted by molar-refractivity contribution is 0.261. The van der Waals surface area contributed by atoms with Crippen molar-refractivity contribution in [2.45, 2.75) is 53.4 Å². The normalized spacial score (nSPS) is 35.9. The lowest BCUT2D eigenvalue weighted by Crippen LogP contribution is -2.29. The third kappa shape index (κ3) is 1.91. The minimum atomic E-state index is 0.496. The second-order valence-corrected chi connectivity index (χ2v) is 6.02. The first-order chi connectivity index (χ1) is 7.03. The maximum absolute atomic E-state index is 2.51. The molecule has 0 amide bonds. The molecule has 2 atom stereocenters. The molecular formula is C15H24. The number of hydrogen-bond acceptors (Lipinski definition) is 0. The molecule has 0 aromatic rings.